The van der Waals surface area contributed by atoms with E-state index in [9.17, 15) is 5.11 Å². The van der Waals surface area contributed by atoms with Crippen LogP contribution in [0, 0.1) is 0 Å². The summed E-state index contributed by atoms with van der Waals surface area (Å²) in [7, 11) is 1.67. The molecule has 0 atom stereocenters. The van der Waals surface area contributed by atoms with Gasteiger partial charge in [0.05, 0.1) is 12.8 Å². The number of nitrogens with one attached hydrogen (secondary N) is 1. The van der Waals surface area contributed by atoms with E-state index in [1.807, 2.05) is 42.5 Å². The molecule has 0 bridgehead atoms. The lowest BCUT2D eigenvalue weighted by atomic mass is 10.1. The predicted molar refractivity (Wildman–Crippen MR) is 119 cm³/mol. The number of ether oxygens (including phenoxy) is 1. The number of anilines is 1. The Morgan fingerprint density at radius 2 is 1.62 bits per heavy atom. The molecule has 0 saturated heterocycles. The Kier molecular flexibility index (Phi) is 5.77. The number of hydrogen-bond donors (Lipinski definition) is 2. The predicted octanol–water partition coefficient (Wildman–Crippen LogP) is 5.73. The van der Waals surface area contributed by atoms with Crippen LogP contribution in [0.2, 0.25) is 0 Å². The van der Waals surface area contributed by atoms with Crippen molar-refractivity contribution in [1.29, 1.82) is 0 Å². The number of phenols is 1. The van der Waals surface area contributed by atoms with Crippen LogP contribution < -0.4 is 10.1 Å². The smallest absolute Gasteiger partial charge is 0.183 e. The van der Waals surface area contributed by atoms with Gasteiger partial charge < -0.3 is 15.2 Å². The van der Waals surface area contributed by atoms with E-state index in [1.165, 1.54) is 10.4 Å². The molecule has 1 heterocycles. The zero-order valence-electron chi connectivity index (χ0n) is 16.1. The number of methoxy groups -OCH3 is 1. The van der Waals surface area contributed by atoms with Crippen molar-refractivity contribution in [1.82, 2.24) is 4.98 Å². The van der Waals surface area contributed by atoms with Crippen LogP contribution in [0.3, 0.4) is 0 Å². The second-order valence-electron chi connectivity index (χ2n) is 6.70. The quantitative estimate of drug-likeness (QED) is 0.415. The summed E-state index contributed by atoms with van der Waals surface area (Å²) in [6.45, 7) is 0.692. The first kappa shape index (κ1) is 19.0. The van der Waals surface area contributed by atoms with E-state index in [2.05, 4.69) is 29.6 Å². The molecule has 4 aromatic rings. The van der Waals surface area contributed by atoms with Crippen LogP contribution in [-0.4, -0.2) is 17.2 Å². The van der Waals surface area contributed by atoms with Gasteiger partial charge in [0.15, 0.2) is 5.13 Å². The van der Waals surface area contributed by atoms with E-state index >= 15 is 0 Å². The molecule has 0 aliphatic carbocycles. The second-order valence-corrected chi connectivity index (χ2v) is 7.79. The molecule has 0 fully saturated rings. The van der Waals surface area contributed by atoms with Crippen LogP contribution in [0.4, 0.5) is 5.13 Å². The molecular formula is C24H22N2O2S. The molecule has 0 saturated carbocycles. The molecule has 146 valence electrons. The first-order valence-corrected chi connectivity index (χ1v) is 10.2. The minimum absolute atomic E-state index is 0.256. The summed E-state index contributed by atoms with van der Waals surface area (Å²) in [5.74, 6) is 1.11. The maximum Gasteiger partial charge on any atom is 0.183 e. The van der Waals surface area contributed by atoms with Crippen molar-refractivity contribution in [3.63, 3.8) is 0 Å². The summed E-state index contributed by atoms with van der Waals surface area (Å²) in [5, 5.41) is 13.9. The molecule has 0 spiro atoms. The first-order chi connectivity index (χ1) is 14.2. The van der Waals surface area contributed by atoms with Gasteiger partial charge in [-0.05, 0) is 47.5 Å². The van der Waals surface area contributed by atoms with Gasteiger partial charge in [-0.2, -0.15) is 0 Å². The van der Waals surface area contributed by atoms with Gasteiger partial charge in [0, 0.05) is 23.4 Å². The highest BCUT2D eigenvalue weighted by molar-refractivity contribution is 7.16. The maximum absolute atomic E-state index is 9.62. The maximum atomic E-state index is 9.62. The highest BCUT2D eigenvalue weighted by Gasteiger charge is 2.14. The fourth-order valence-corrected chi connectivity index (χ4v) is 4.11. The molecule has 0 unspecified atom stereocenters. The van der Waals surface area contributed by atoms with Gasteiger partial charge in [-0.25, -0.2) is 4.98 Å². The molecule has 29 heavy (non-hydrogen) atoms. The van der Waals surface area contributed by atoms with Crippen molar-refractivity contribution in [2.45, 2.75) is 13.0 Å². The third kappa shape index (κ3) is 4.76. The Morgan fingerprint density at radius 3 is 2.31 bits per heavy atom. The Labute approximate surface area is 174 Å². The Hall–Kier alpha value is -3.31. The lowest BCUT2D eigenvalue weighted by molar-refractivity contribution is 0.414. The minimum Gasteiger partial charge on any atom is -0.508 e. The summed E-state index contributed by atoms with van der Waals surface area (Å²) in [6, 6.07) is 25.6. The fraction of sp³-hybridized carbons (Fsp3) is 0.125. The van der Waals surface area contributed by atoms with Gasteiger partial charge in [-0.1, -0.05) is 42.5 Å². The van der Waals surface area contributed by atoms with E-state index in [1.54, 1.807) is 30.6 Å². The van der Waals surface area contributed by atoms with Crippen molar-refractivity contribution in [2.75, 3.05) is 12.4 Å². The van der Waals surface area contributed by atoms with Crippen LogP contribution in [0.25, 0.3) is 11.3 Å². The van der Waals surface area contributed by atoms with Gasteiger partial charge in [-0.3, -0.25) is 0 Å². The van der Waals surface area contributed by atoms with Gasteiger partial charge in [-0.15, -0.1) is 11.3 Å². The number of rotatable bonds is 7. The van der Waals surface area contributed by atoms with Crippen LogP contribution in [0.5, 0.6) is 11.5 Å². The summed E-state index contributed by atoms with van der Waals surface area (Å²) >= 11 is 1.67. The Balaban J connectivity index is 1.58. The molecule has 0 amide bonds. The number of phenolic OH excluding ortho intramolecular Hbond substituents is 1. The lowest BCUT2D eigenvalue weighted by Crippen LogP contribution is -1.98. The number of aromatic nitrogens is 1. The highest BCUT2D eigenvalue weighted by Crippen LogP contribution is 2.34. The van der Waals surface area contributed by atoms with Crippen LogP contribution in [0.1, 0.15) is 16.0 Å². The number of aromatic hydroxyl groups is 1. The standard InChI is InChI=1S/C24H22N2O2S/c1-28-21-13-7-18(8-14-21)16-25-24-26-23(19-9-11-20(27)12-10-19)22(29-24)15-17-5-3-2-4-6-17/h2-14,27H,15-16H2,1H3,(H,25,26). The van der Waals surface area contributed by atoms with Gasteiger partial charge in [0.25, 0.3) is 0 Å². The monoisotopic (exact) mass is 402 g/mol. The highest BCUT2D eigenvalue weighted by atomic mass is 32.1. The summed E-state index contributed by atoms with van der Waals surface area (Å²) in [5.41, 5.74) is 4.37. The van der Waals surface area contributed by atoms with Crippen LogP contribution in [0.15, 0.2) is 78.9 Å². The molecule has 0 aliphatic heterocycles. The van der Waals surface area contributed by atoms with Crippen LogP contribution in [-0.2, 0) is 13.0 Å². The fourth-order valence-electron chi connectivity index (χ4n) is 3.09. The zero-order chi connectivity index (χ0) is 20.1. The molecule has 3 aromatic carbocycles. The summed E-state index contributed by atoms with van der Waals surface area (Å²) in [4.78, 5) is 6.05. The number of thiazole rings is 1. The van der Waals surface area contributed by atoms with Crippen molar-refractivity contribution in [2.24, 2.45) is 0 Å². The van der Waals surface area contributed by atoms with Crippen molar-refractivity contribution < 1.29 is 9.84 Å². The largest absolute Gasteiger partial charge is 0.508 e. The SMILES string of the molecule is COc1ccc(CNc2nc(-c3ccc(O)cc3)c(Cc3ccccc3)s2)cc1. The molecule has 1 aromatic heterocycles. The van der Waals surface area contributed by atoms with Gasteiger partial charge in [0.1, 0.15) is 11.5 Å². The topological polar surface area (TPSA) is 54.4 Å². The molecule has 0 aliphatic rings. The zero-order valence-corrected chi connectivity index (χ0v) is 16.9. The Morgan fingerprint density at radius 1 is 0.897 bits per heavy atom. The number of hydrogen-bond acceptors (Lipinski definition) is 5. The van der Waals surface area contributed by atoms with Crippen molar-refractivity contribution in [3.05, 3.63) is 94.9 Å². The number of benzene rings is 3. The van der Waals surface area contributed by atoms with Gasteiger partial charge in [0.2, 0.25) is 0 Å². The van der Waals surface area contributed by atoms with E-state index in [0.717, 1.165) is 34.1 Å². The van der Waals surface area contributed by atoms with E-state index in [0.29, 0.717) is 6.54 Å². The van der Waals surface area contributed by atoms with Gasteiger partial charge >= 0.3 is 0 Å². The van der Waals surface area contributed by atoms with E-state index < -0.39 is 0 Å². The number of nitrogens with zero attached hydrogens (tertiary/aromatic N) is 1. The van der Waals surface area contributed by atoms with Crippen molar-refractivity contribution in [3.8, 4) is 22.8 Å². The second kappa shape index (κ2) is 8.80. The van der Waals surface area contributed by atoms with Crippen LogP contribution >= 0.6 is 11.3 Å². The molecule has 0 radical (unpaired) electrons. The lowest BCUT2D eigenvalue weighted by Gasteiger charge is -2.04. The summed E-state index contributed by atoms with van der Waals surface area (Å²) < 4.78 is 5.22. The molecule has 5 heteroatoms. The third-order valence-corrected chi connectivity index (χ3v) is 5.66. The minimum atomic E-state index is 0.256. The normalized spacial score (nSPS) is 10.7. The summed E-state index contributed by atoms with van der Waals surface area (Å²) in [6.07, 6.45) is 0.818. The van der Waals surface area contributed by atoms with Crippen molar-refractivity contribution >= 4 is 16.5 Å². The third-order valence-electron chi connectivity index (χ3n) is 4.65. The Bertz CT molecular complexity index is 1060. The average Bonchev–Trinajstić information content (AvgIpc) is 3.16. The molecule has 4 rings (SSSR count). The molecule has 2 N–H and O–H groups in total. The van der Waals surface area contributed by atoms with E-state index in [-0.39, 0.29) is 5.75 Å². The first-order valence-electron chi connectivity index (χ1n) is 9.41. The van der Waals surface area contributed by atoms with E-state index in [4.69, 9.17) is 9.72 Å². The molecular weight excluding hydrogens is 380 g/mol. The molecule has 4 nitrogen and oxygen atoms in total. The average molecular weight is 403 g/mol.